The van der Waals surface area contributed by atoms with Crippen LogP contribution in [0.5, 0.6) is 5.75 Å². The van der Waals surface area contributed by atoms with E-state index in [1.807, 2.05) is 13.8 Å². The fraction of sp³-hybridized carbons (Fsp3) is 0.391. The summed E-state index contributed by atoms with van der Waals surface area (Å²) in [4.78, 5) is 11.4. The molecule has 0 unspecified atom stereocenters. The molecule has 0 spiro atoms. The Balaban J connectivity index is 1.65. The molecule has 0 saturated carbocycles. The minimum absolute atomic E-state index is 0.0217. The second-order valence-corrected chi connectivity index (χ2v) is 10.4. The zero-order chi connectivity index (χ0) is 23.9. The molecule has 2 heterocycles. The van der Waals surface area contributed by atoms with Gasteiger partial charge in [0.1, 0.15) is 11.6 Å². The summed E-state index contributed by atoms with van der Waals surface area (Å²) in [6, 6.07) is 9.57. The lowest BCUT2D eigenvalue weighted by atomic mass is 10.1. The number of hydrogen-bond acceptors (Lipinski definition) is 5. The molecular formula is C23H26FN3O5S. The molecule has 4 rings (SSSR count). The molecule has 8 nitrogen and oxygen atoms in total. The van der Waals surface area contributed by atoms with Crippen LogP contribution in [0, 0.1) is 5.82 Å². The minimum Gasteiger partial charge on any atom is -0.491 e. The monoisotopic (exact) mass is 475 g/mol. The van der Waals surface area contributed by atoms with Crippen LogP contribution in [0.25, 0.3) is 10.9 Å². The third-order valence-electron chi connectivity index (χ3n) is 5.84. The number of aromatic nitrogens is 2. The number of benzene rings is 2. The highest BCUT2D eigenvalue weighted by molar-refractivity contribution is 7.89. The zero-order valence-corrected chi connectivity index (χ0v) is 19.4. The molecule has 0 amide bonds. The number of hydrogen-bond donors (Lipinski definition) is 1. The zero-order valence-electron chi connectivity index (χ0n) is 18.6. The maximum Gasteiger partial charge on any atom is 0.309 e. The van der Waals surface area contributed by atoms with Gasteiger partial charge in [0.2, 0.25) is 10.0 Å². The molecular weight excluding hydrogens is 449 g/mol. The van der Waals surface area contributed by atoms with Gasteiger partial charge in [0.15, 0.2) is 0 Å². The second-order valence-electron chi connectivity index (χ2n) is 8.47. The fourth-order valence-corrected chi connectivity index (χ4v) is 6.04. The summed E-state index contributed by atoms with van der Waals surface area (Å²) in [7, 11) is -3.78. The van der Waals surface area contributed by atoms with E-state index in [9.17, 15) is 22.7 Å². The average molecular weight is 476 g/mol. The van der Waals surface area contributed by atoms with Gasteiger partial charge in [0.05, 0.1) is 34.7 Å². The van der Waals surface area contributed by atoms with Crippen molar-refractivity contribution in [2.45, 2.75) is 56.7 Å². The number of sulfonamides is 1. The van der Waals surface area contributed by atoms with Gasteiger partial charge in [-0.3, -0.25) is 9.48 Å². The molecule has 10 heteroatoms. The predicted octanol–water partition coefficient (Wildman–Crippen LogP) is 3.61. The summed E-state index contributed by atoms with van der Waals surface area (Å²) in [6.45, 7) is 5.84. The molecule has 176 valence electrons. The SMILES string of the molecule is CC(C)Oc1ccc(S(=O)(=O)N2CC[C@@H](n3nc(CC(=O)O)c4ccc(F)cc43)[C@H]2C)cc1. The van der Waals surface area contributed by atoms with Gasteiger partial charge in [0.25, 0.3) is 0 Å². The Kier molecular flexibility index (Phi) is 6.15. The smallest absolute Gasteiger partial charge is 0.309 e. The number of carboxylic acid groups (broad SMARTS) is 1. The maximum absolute atomic E-state index is 14.0. The minimum atomic E-state index is -3.78. The molecule has 2 atom stereocenters. The number of halogens is 1. The van der Waals surface area contributed by atoms with Crippen molar-refractivity contribution in [1.82, 2.24) is 14.1 Å². The number of aliphatic carboxylic acids is 1. The Labute approximate surface area is 191 Å². The lowest BCUT2D eigenvalue weighted by Crippen LogP contribution is -2.36. The van der Waals surface area contributed by atoms with Crippen molar-refractivity contribution < 1.29 is 27.4 Å². The van der Waals surface area contributed by atoms with E-state index in [1.165, 1.54) is 34.6 Å². The van der Waals surface area contributed by atoms with Gasteiger partial charge >= 0.3 is 5.97 Å². The van der Waals surface area contributed by atoms with Crippen LogP contribution in [-0.4, -0.2) is 52.3 Å². The topological polar surface area (TPSA) is 102 Å². The number of carboxylic acids is 1. The molecule has 0 aliphatic carbocycles. The number of carbonyl (C=O) groups is 1. The molecule has 1 N–H and O–H groups in total. The molecule has 33 heavy (non-hydrogen) atoms. The first-order chi connectivity index (χ1) is 15.6. The highest BCUT2D eigenvalue weighted by atomic mass is 32.2. The third-order valence-corrected chi connectivity index (χ3v) is 7.84. The molecule has 1 fully saturated rings. The van der Waals surface area contributed by atoms with Crippen LogP contribution in [0.1, 0.15) is 38.9 Å². The van der Waals surface area contributed by atoms with E-state index >= 15 is 0 Å². The van der Waals surface area contributed by atoms with Crippen LogP contribution in [0.3, 0.4) is 0 Å². The highest BCUT2D eigenvalue weighted by Gasteiger charge is 2.41. The van der Waals surface area contributed by atoms with E-state index in [0.717, 1.165) is 0 Å². The largest absolute Gasteiger partial charge is 0.491 e. The Bertz CT molecular complexity index is 1290. The molecule has 3 aromatic rings. The Morgan fingerprint density at radius 2 is 1.94 bits per heavy atom. The summed E-state index contributed by atoms with van der Waals surface area (Å²) < 4.78 is 49.3. The van der Waals surface area contributed by atoms with Gasteiger partial charge in [-0.1, -0.05) is 0 Å². The number of nitrogens with zero attached hydrogens (tertiary/aromatic N) is 3. The normalized spacial score (nSPS) is 19.4. The van der Waals surface area contributed by atoms with Crippen LogP contribution in [0.4, 0.5) is 4.39 Å². The standard InChI is InChI=1S/C23H26FN3O5S/c1-14(2)32-17-5-7-18(8-6-17)33(30,31)26-11-10-21(15(26)3)27-22-12-16(24)4-9-19(22)20(25-27)13-23(28)29/h4-9,12,14-15,21H,10-11,13H2,1-3H3,(H,28,29)/t15-,21-/m1/s1. The summed E-state index contributed by atoms with van der Waals surface area (Å²) in [5.41, 5.74) is 0.782. The first kappa shape index (κ1) is 23.2. The van der Waals surface area contributed by atoms with E-state index in [-0.39, 0.29) is 30.0 Å². The van der Waals surface area contributed by atoms with E-state index < -0.39 is 27.9 Å². The van der Waals surface area contributed by atoms with Crippen molar-refractivity contribution in [3.8, 4) is 5.75 Å². The molecule has 0 bridgehead atoms. The van der Waals surface area contributed by atoms with E-state index in [4.69, 9.17) is 4.74 Å². The van der Waals surface area contributed by atoms with Crippen molar-refractivity contribution in [1.29, 1.82) is 0 Å². The van der Waals surface area contributed by atoms with Gasteiger partial charge in [0, 0.05) is 18.0 Å². The lowest BCUT2D eigenvalue weighted by molar-refractivity contribution is -0.136. The van der Waals surface area contributed by atoms with Crippen molar-refractivity contribution in [3.05, 3.63) is 54.0 Å². The third kappa shape index (κ3) is 4.45. The van der Waals surface area contributed by atoms with Crippen LogP contribution < -0.4 is 4.74 Å². The number of fused-ring (bicyclic) bond motifs is 1. The molecule has 2 aromatic carbocycles. The van der Waals surface area contributed by atoms with Gasteiger partial charge in [-0.2, -0.15) is 9.40 Å². The summed E-state index contributed by atoms with van der Waals surface area (Å²) in [5.74, 6) is -0.920. The summed E-state index contributed by atoms with van der Waals surface area (Å²) in [5, 5.41) is 14.2. The van der Waals surface area contributed by atoms with Crippen molar-refractivity contribution in [2.24, 2.45) is 0 Å². The first-order valence-electron chi connectivity index (χ1n) is 10.7. The lowest BCUT2D eigenvalue weighted by Gasteiger charge is -2.25. The van der Waals surface area contributed by atoms with E-state index in [0.29, 0.717) is 28.8 Å². The number of ether oxygens (including phenoxy) is 1. The molecule has 0 radical (unpaired) electrons. The maximum atomic E-state index is 14.0. The van der Waals surface area contributed by atoms with Gasteiger partial charge < -0.3 is 9.84 Å². The molecule has 1 aliphatic rings. The fourth-order valence-electron chi connectivity index (χ4n) is 4.36. The van der Waals surface area contributed by atoms with Crippen LogP contribution in [-0.2, 0) is 21.2 Å². The van der Waals surface area contributed by atoms with Gasteiger partial charge in [-0.25, -0.2) is 12.8 Å². The van der Waals surface area contributed by atoms with Gasteiger partial charge in [-0.15, -0.1) is 0 Å². The van der Waals surface area contributed by atoms with Crippen molar-refractivity contribution in [3.63, 3.8) is 0 Å². The summed E-state index contributed by atoms with van der Waals surface area (Å²) >= 11 is 0. The van der Waals surface area contributed by atoms with E-state index in [1.54, 1.807) is 23.7 Å². The van der Waals surface area contributed by atoms with Gasteiger partial charge in [-0.05, 0) is 69.7 Å². The Morgan fingerprint density at radius 3 is 2.58 bits per heavy atom. The molecule has 1 aromatic heterocycles. The van der Waals surface area contributed by atoms with Crippen LogP contribution in [0.15, 0.2) is 47.4 Å². The Morgan fingerprint density at radius 1 is 1.24 bits per heavy atom. The quantitative estimate of drug-likeness (QED) is 0.560. The van der Waals surface area contributed by atoms with Crippen LogP contribution in [0.2, 0.25) is 0 Å². The second kappa shape index (κ2) is 8.75. The average Bonchev–Trinajstić information content (AvgIpc) is 3.28. The molecule has 1 aliphatic heterocycles. The van der Waals surface area contributed by atoms with E-state index in [2.05, 4.69) is 5.10 Å². The number of rotatable bonds is 7. The van der Waals surface area contributed by atoms with Crippen molar-refractivity contribution >= 4 is 26.9 Å². The highest BCUT2D eigenvalue weighted by Crippen LogP contribution is 2.36. The molecule has 1 saturated heterocycles. The summed E-state index contributed by atoms with van der Waals surface area (Å²) in [6.07, 6.45) is 0.143. The van der Waals surface area contributed by atoms with Crippen molar-refractivity contribution in [2.75, 3.05) is 6.54 Å². The predicted molar refractivity (Wildman–Crippen MR) is 120 cm³/mol. The first-order valence-corrected chi connectivity index (χ1v) is 12.2. The van der Waals surface area contributed by atoms with Crippen LogP contribution >= 0.6 is 0 Å². The Hall–Kier alpha value is -2.98.